The highest BCUT2D eigenvalue weighted by Crippen LogP contribution is 2.34. The summed E-state index contributed by atoms with van der Waals surface area (Å²) in [4.78, 5) is 0. The molecule has 1 aliphatic rings. The van der Waals surface area contributed by atoms with E-state index in [4.69, 9.17) is 16.3 Å². The second-order valence-electron chi connectivity index (χ2n) is 5.59. The lowest BCUT2D eigenvalue weighted by molar-refractivity contribution is 0.103. The number of ether oxygens (including phenoxy) is 1. The predicted octanol–water partition coefficient (Wildman–Crippen LogP) is 3.25. The van der Waals surface area contributed by atoms with Gasteiger partial charge in [0.15, 0.2) is 0 Å². The van der Waals surface area contributed by atoms with Crippen LogP contribution in [0.2, 0.25) is 5.02 Å². The van der Waals surface area contributed by atoms with Crippen molar-refractivity contribution in [1.82, 2.24) is 5.32 Å². The van der Waals surface area contributed by atoms with E-state index in [2.05, 4.69) is 12.2 Å². The van der Waals surface area contributed by atoms with Gasteiger partial charge in [0.05, 0.1) is 5.02 Å². The van der Waals surface area contributed by atoms with Gasteiger partial charge in [-0.2, -0.15) is 0 Å². The number of nitrogens with one attached hydrogen (secondary N) is 1. The quantitative estimate of drug-likeness (QED) is 0.735. The Morgan fingerprint density at radius 3 is 2.80 bits per heavy atom. The van der Waals surface area contributed by atoms with E-state index in [1.54, 1.807) is 6.07 Å². The number of benzene rings is 1. The molecular formula is C16H24ClNO2. The Kier molecular flexibility index (Phi) is 6.14. The molecular weight excluding hydrogens is 274 g/mol. The van der Waals surface area contributed by atoms with Crippen molar-refractivity contribution < 1.29 is 9.84 Å². The molecule has 4 heteroatoms. The summed E-state index contributed by atoms with van der Waals surface area (Å²) < 4.78 is 5.54. The van der Waals surface area contributed by atoms with E-state index in [0.717, 1.165) is 12.3 Å². The molecule has 1 aromatic rings. The molecule has 0 heterocycles. The second kappa shape index (κ2) is 7.87. The monoisotopic (exact) mass is 297 g/mol. The zero-order valence-electron chi connectivity index (χ0n) is 12.0. The van der Waals surface area contributed by atoms with Crippen LogP contribution in [0.25, 0.3) is 0 Å². The second-order valence-corrected chi connectivity index (χ2v) is 5.99. The standard InChI is InChI=1S/C16H24ClNO2/c1-2-13(9-12-7-8-12)18-10-14(19)11-20-16-6-4-3-5-15(16)17/h3-6,12-14,18-19H,2,7-11H2,1H3. The highest BCUT2D eigenvalue weighted by molar-refractivity contribution is 6.32. The van der Waals surface area contributed by atoms with Gasteiger partial charge >= 0.3 is 0 Å². The Labute approximate surface area is 126 Å². The van der Waals surface area contributed by atoms with Crippen LogP contribution in [-0.2, 0) is 0 Å². The zero-order chi connectivity index (χ0) is 14.4. The van der Waals surface area contributed by atoms with Crippen LogP contribution >= 0.6 is 11.6 Å². The van der Waals surface area contributed by atoms with Crippen LogP contribution in [-0.4, -0.2) is 30.4 Å². The number of hydrogen-bond donors (Lipinski definition) is 2. The maximum atomic E-state index is 9.96. The molecule has 0 aromatic heterocycles. The van der Waals surface area contributed by atoms with Crippen molar-refractivity contribution in [1.29, 1.82) is 0 Å². The first kappa shape index (κ1) is 15.6. The van der Waals surface area contributed by atoms with Crippen molar-refractivity contribution in [2.75, 3.05) is 13.2 Å². The van der Waals surface area contributed by atoms with E-state index in [-0.39, 0.29) is 6.61 Å². The number of aliphatic hydroxyl groups is 1. The fraction of sp³-hybridized carbons (Fsp3) is 0.625. The number of aliphatic hydroxyl groups excluding tert-OH is 1. The fourth-order valence-corrected chi connectivity index (χ4v) is 2.45. The molecule has 1 aromatic carbocycles. The van der Waals surface area contributed by atoms with Gasteiger partial charge in [0.2, 0.25) is 0 Å². The maximum Gasteiger partial charge on any atom is 0.138 e. The lowest BCUT2D eigenvalue weighted by atomic mass is 10.1. The van der Waals surface area contributed by atoms with E-state index in [9.17, 15) is 5.11 Å². The highest BCUT2D eigenvalue weighted by Gasteiger charge is 2.24. The summed E-state index contributed by atoms with van der Waals surface area (Å²) in [5, 5.41) is 14.0. The first-order chi connectivity index (χ1) is 9.69. The van der Waals surface area contributed by atoms with Crippen molar-refractivity contribution in [3.05, 3.63) is 29.3 Å². The van der Waals surface area contributed by atoms with Gasteiger partial charge < -0.3 is 15.2 Å². The summed E-state index contributed by atoms with van der Waals surface area (Å²) in [6.07, 6.45) is 4.56. The minimum atomic E-state index is -0.514. The minimum absolute atomic E-state index is 0.261. The molecule has 0 radical (unpaired) electrons. The predicted molar refractivity (Wildman–Crippen MR) is 82.4 cm³/mol. The van der Waals surface area contributed by atoms with Crippen LogP contribution in [0, 0.1) is 5.92 Å². The maximum absolute atomic E-state index is 9.96. The van der Waals surface area contributed by atoms with E-state index >= 15 is 0 Å². The lowest BCUT2D eigenvalue weighted by Crippen LogP contribution is -2.38. The van der Waals surface area contributed by atoms with Crippen LogP contribution in [0.4, 0.5) is 0 Å². The van der Waals surface area contributed by atoms with Crippen molar-refractivity contribution in [2.45, 2.75) is 44.8 Å². The molecule has 1 fully saturated rings. The molecule has 112 valence electrons. The van der Waals surface area contributed by atoms with Crippen molar-refractivity contribution in [2.24, 2.45) is 5.92 Å². The zero-order valence-corrected chi connectivity index (χ0v) is 12.8. The number of para-hydroxylation sites is 1. The molecule has 20 heavy (non-hydrogen) atoms. The molecule has 2 rings (SSSR count). The van der Waals surface area contributed by atoms with Crippen molar-refractivity contribution in [3.63, 3.8) is 0 Å². The third kappa shape index (κ3) is 5.31. The smallest absolute Gasteiger partial charge is 0.138 e. The van der Waals surface area contributed by atoms with Crippen LogP contribution in [0.15, 0.2) is 24.3 Å². The average molecular weight is 298 g/mol. The molecule has 0 saturated heterocycles. The van der Waals surface area contributed by atoms with Crippen LogP contribution in [0.1, 0.15) is 32.6 Å². The molecule has 0 bridgehead atoms. The van der Waals surface area contributed by atoms with Crippen LogP contribution in [0.3, 0.4) is 0 Å². The SMILES string of the molecule is CCC(CC1CC1)NCC(O)COc1ccccc1Cl. The molecule has 3 nitrogen and oxygen atoms in total. The largest absolute Gasteiger partial charge is 0.489 e. The fourth-order valence-electron chi connectivity index (χ4n) is 2.26. The Bertz CT molecular complexity index is 409. The Balaban J connectivity index is 1.66. The normalized spacial score (nSPS) is 17.8. The van der Waals surface area contributed by atoms with Gasteiger partial charge in [0.1, 0.15) is 18.5 Å². The molecule has 0 amide bonds. The molecule has 2 N–H and O–H groups in total. The summed E-state index contributed by atoms with van der Waals surface area (Å²) in [5.74, 6) is 1.53. The minimum Gasteiger partial charge on any atom is -0.489 e. The third-order valence-electron chi connectivity index (χ3n) is 3.72. The Morgan fingerprint density at radius 1 is 1.40 bits per heavy atom. The van der Waals surface area contributed by atoms with Crippen molar-refractivity contribution in [3.8, 4) is 5.75 Å². The topological polar surface area (TPSA) is 41.5 Å². The summed E-state index contributed by atoms with van der Waals surface area (Å²) in [7, 11) is 0. The van der Waals surface area contributed by atoms with Gasteiger partial charge in [-0.05, 0) is 30.9 Å². The van der Waals surface area contributed by atoms with E-state index in [1.807, 2.05) is 18.2 Å². The Hall–Kier alpha value is -0.770. The molecule has 2 unspecified atom stereocenters. The summed E-state index contributed by atoms with van der Waals surface area (Å²) in [6, 6.07) is 7.83. The molecule has 1 saturated carbocycles. The first-order valence-electron chi connectivity index (χ1n) is 7.47. The molecule has 2 atom stereocenters. The van der Waals surface area contributed by atoms with Crippen LogP contribution < -0.4 is 10.1 Å². The van der Waals surface area contributed by atoms with Crippen molar-refractivity contribution >= 4 is 11.6 Å². The van der Waals surface area contributed by atoms with E-state index in [1.165, 1.54) is 19.3 Å². The molecule has 0 aliphatic heterocycles. The molecule has 0 spiro atoms. The lowest BCUT2D eigenvalue weighted by Gasteiger charge is -2.19. The van der Waals surface area contributed by atoms with Gasteiger partial charge in [0.25, 0.3) is 0 Å². The summed E-state index contributed by atoms with van der Waals surface area (Å²) in [5.41, 5.74) is 0. The van der Waals surface area contributed by atoms with Crippen LogP contribution in [0.5, 0.6) is 5.75 Å². The number of hydrogen-bond acceptors (Lipinski definition) is 3. The summed E-state index contributed by atoms with van der Waals surface area (Å²) in [6.45, 7) is 3.01. The third-order valence-corrected chi connectivity index (χ3v) is 4.03. The van der Waals surface area contributed by atoms with E-state index in [0.29, 0.717) is 23.4 Å². The molecule has 1 aliphatic carbocycles. The van der Waals surface area contributed by atoms with Gasteiger partial charge in [-0.1, -0.05) is 43.5 Å². The number of rotatable bonds is 9. The van der Waals surface area contributed by atoms with E-state index < -0.39 is 6.10 Å². The number of halogens is 1. The Morgan fingerprint density at radius 2 is 2.15 bits per heavy atom. The highest BCUT2D eigenvalue weighted by atomic mass is 35.5. The van der Waals surface area contributed by atoms with Gasteiger partial charge in [-0.15, -0.1) is 0 Å². The first-order valence-corrected chi connectivity index (χ1v) is 7.85. The average Bonchev–Trinajstić information content (AvgIpc) is 3.26. The van der Waals surface area contributed by atoms with Gasteiger partial charge in [0, 0.05) is 12.6 Å². The summed E-state index contributed by atoms with van der Waals surface area (Å²) >= 11 is 6.00. The van der Waals surface area contributed by atoms with Gasteiger partial charge in [-0.3, -0.25) is 0 Å². The van der Waals surface area contributed by atoms with Gasteiger partial charge in [-0.25, -0.2) is 0 Å².